The highest BCUT2D eigenvalue weighted by Gasteiger charge is 2.62. The van der Waals surface area contributed by atoms with Gasteiger partial charge in [-0.15, -0.1) is 0 Å². The topological polar surface area (TPSA) is 143 Å². The third kappa shape index (κ3) is 3.62. The van der Waals surface area contributed by atoms with Crippen molar-refractivity contribution >= 4 is 45.4 Å². The van der Waals surface area contributed by atoms with Gasteiger partial charge < -0.3 is 30.0 Å². The number of esters is 3. The van der Waals surface area contributed by atoms with E-state index in [0.29, 0.717) is 10.2 Å². The first kappa shape index (κ1) is 23.3. The lowest BCUT2D eigenvalue weighted by molar-refractivity contribution is -0.143. The van der Waals surface area contributed by atoms with Gasteiger partial charge >= 0.3 is 17.9 Å². The molecule has 2 aliphatic rings. The third-order valence-corrected chi connectivity index (χ3v) is 5.46. The molecule has 1 unspecified atom stereocenters. The maximum atomic E-state index is 13.5. The summed E-state index contributed by atoms with van der Waals surface area (Å²) in [6.45, 7) is 3.24. The zero-order chi connectivity index (χ0) is 23.6. The van der Waals surface area contributed by atoms with Crippen molar-refractivity contribution in [2.24, 2.45) is 5.73 Å². The van der Waals surface area contributed by atoms with E-state index in [4.69, 9.17) is 24.7 Å². The molecule has 1 amide bonds. The van der Waals surface area contributed by atoms with Gasteiger partial charge in [0.05, 0.1) is 20.3 Å². The van der Waals surface area contributed by atoms with Crippen LogP contribution in [0.25, 0.3) is 0 Å². The Balaban J connectivity index is 2.41. The second-order valence-electron chi connectivity index (χ2n) is 6.73. The minimum Gasteiger partial charge on any atom is -0.466 e. The average Bonchev–Trinajstić information content (AvgIpc) is 2.99. The smallest absolute Gasteiger partial charge is 0.340 e. The summed E-state index contributed by atoms with van der Waals surface area (Å²) in [5.41, 5.74) is 3.84. The number of carbonyl (C=O) groups is 4. The number of anilines is 1. The number of benzene rings is 1. The van der Waals surface area contributed by atoms with Crippen molar-refractivity contribution in [2.45, 2.75) is 25.7 Å². The van der Waals surface area contributed by atoms with E-state index >= 15 is 0 Å². The van der Waals surface area contributed by atoms with Crippen LogP contribution >= 0.6 is 15.9 Å². The Morgan fingerprint density at radius 1 is 1.12 bits per heavy atom. The molecule has 170 valence electrons. The number of fused-ring (bicyclic) bond motifs is 2. The fraction of sp³-hybridized carbons (Fsp3) is 0.333. The molecule has 0 bridgehead atoms. The average molecular weight is 509 g/mol. The van der Waals surface area contributed by atoms with Crippen LogP contribution in [-0.4, -0.2) is 44.1 Å². The molecule has 3 N–H and O–H groups in total. The Hall–Kier alpha value is -3.34. The number of nitrogens with two attached hydrogens (primary N) is 1. The lowest BCUT2D eigenvalue weighted by Gasteiger charge is -2.36. The van der Waals surface area contributed by atoms with Crippen LogP contribution in [0.2, 0.25) is 0 Å². The predicted molar refractivity (Wildman–Crippen MR) is 114 cm³/mol. The fourth-order valence-electron chi connectivity index (χ4n) is 3.82. The van der Waals surface area contributed by atoms with Crippen LogP contribution in [0.4, 0.5) is 5.69 Å². The molecule has 0 aromatic heterocycles. The van der Waals surface area contributed by atoms with Gasteiger partial charge in [0.1, 0.15) is 28.7 Å². The van der Waals surface area contributed by atoms with Gasteiger partial charge in [-0.1, -0.05) is 15.9 Å². The van der Waals surface area contributed by atoms with Crippen LogP contribution in [0.3, 0.4) is 0 Å². The summed E-state index contributed by atoms with van der Waals surface area (Å²) in [5, 5.41) is 2.67. The maximum Gasteiger partial charge on any atom is 0.340 e. The number of rotatable bonds is 6. The zero-order valence-corrected chi connectivity index (χ0v) is 19.2. The number of hydrogen-bond acceptors (Lipinski definition) is 9. The van der Waals surface area contributed by atoms with Crippen molar-refractivity contribution in [1.29, 1.82) is 0 Å². The number of nitrogens with one attached hydrogen (secondary N) is 1. The quantitative estimate of drug-likeness (QED) is 0.433. The molecule has 2 heterocycles. The van der Waals surface area contributed by atoms with Gasteiger partial charge in [0, 0.05) is 15.7 Å². The first-order valence-electron chi connectivity index (χ1n) is 9.66. The van der Waals surface area contributed by atoms with Crippen molar-refractivity contribution in [1.82, 2.24) is 0 Å². The van der Waals surface area contributed by atoms with E-state index in [9.17, 15) is 19.2 Å². The molecule has 3 rings (SSSR count). The summed E-state index contributed by atoms with van der Waals surface area (Å²) < 4.78 is 21.1. The Labute approximate surface area is 191 Å². The molecule has 0 saturated heterocycles. The number of hydrogen-bond donors (Lipinski definition) is 2. The van der Waals surface area contributed by atoms with E-state index in [-0.39, 0.29) is 30.1 Å². The van der Waals surface area contributed by atoms with E-state index in [1.807, 2.05) is 0 Å². The second-order valence-corrected chi connectivity index (χ2v) is 7.64. The largest absolute Gasteiger partial charge is 0.466 e. The zero-order valence-electron chi connectivity index (χ0n) is 17.6. The Bertz CT molecular complexity index is 1080. The van der Waals surface area contributed by atoms with Gasteiger partial charge in [0.2, 0.25) is 11.8 Å². The normalized spacial score (nSPS) is 19.3. The summed E-state index contributed by atoms with van der Waals surface area (Å²) in [6.07, 6.45) is -0.518. The monoisotopic (exact) mass is 508 g/mol. The third-order valence-electron chi connectivity index (χ3n) is 4.96. The summed E-state index contributed by atoms with van der Waals surface area (Å²) in [7, 11) is 1.10. The van der Waals surface area contributed by atoms with Crippen LogP contribution in [0.5, 0.6) is 0 Å². The highest BCUT2D eigenvalue weighted by atomic mass is 79.9. The maximum absolute atomic E-state index is 13.5. The van der Waals surface area contributed by atoms with Crippen LogP contribution in [-0.2, 0) is 43.5 Å². The lowest BCUT2D eigenvalue weighted by atomic mass is 9.67. The van der Waals surface area contributed by atoms with Gasteiger partial charge in [-0.3, -0.25) is 9.59 Å². The number of ether oxygens (including phenoxy) is 4. The number of methoxy groups -OCH3 is 1. The first-order valence-corrected chi connectivity index (χ1v) is 10.5. The number of amides is 1. The summed E-state index contributed by atoms with van der Waals surface area (Å²) >= 11 is 3.35. The molecule has 0 aliphatic carbocycles. The Kier molecular flexibility index (Phi) is 6.58. The van der Waals surface area contributed by atoms with E-state index < -0.39 is 47.1 Å². The van der Waals surface area contributed by atoms with Crippen LogP contribution in [0, 0.1) is 0 Å². The minimum atomic E-state index is -2.07. The van der Waals surface area contributed by atoms with Gasteiger partial charge in [-0.25, -0.2) is 9.59 Å². The van der Waals surface area contributed by atoms with E-state index in [0.717, 1.165) is 7.11 Å². The Morgan fingerprint density at radius 3 is 2.44 bits per heavy atom. The van der Waals surface area contributed by atoms with E-state index in [2.05, 4.69) is 21.2 Å². The Morgan fingerprint density at radius 2 is 1.81 bits per heavy atom. The minimum absolute atomic E-state index is 0.0369. The van der Waals surface area contributed by atoms with E-state index in [1.165, 1.54) is 0 Å². The van der Waals surface area contributed by atoms with Gasteiger partial charge in [0.15, 0.2) is 0 Å². The first-order chi connectivity index (χ1) is 15.2. The molecule has 0 saturated carbocycles. The standard InChI is InChI=1S/C21H21BrN2O8/c1-4-30-14(25)9-13-15(19(27)31-5-2)21(16(17(23)32-13)18(26)29-3)11-8-10(22)6-7-12(11)24-20(21)28/h6-8H,4-5,9,23H2,1-3H3,(H,24,28). The summed E-state index contributed by atoms with van der Waals surface area (Å²) in [5.74, 6) is -4.14. The van der Waals surface area contributed by atoms with E-state index in [1.54, 1.807) is 32.0 Å². The second kappa shape index (κ2) is 9.03. The molecule has 0 fully saturated rings. The molecule has 1 atom stereocenters. The summed E-state index contributed by atoms with van der Waals surface area (Å²) in [4.78, 5) is 51.8. The van der Waals surface area contributed by atoms with Crippen LogP contribution in [0.15, 0.2) is 45.5 Å². The molecule has 1 aromatic carbocycles. The molecule has 1 aromatic rings. The number of halogens is 1. The highest BCUT2D eigenvalue weighted by molar-refractivity contribution is 9.10. The van der Waals surface area contributed by atoms with Crippen molar-refractivity contribution in [3.05, 3.63) is 51.0 Å². The molecule has 1 spiro atoms. The molecule has 32 heavy (non-hydrogen) atoms. The van der Waals surface area contributed by atoms with Gasteiger partial charge in [0.25, 0.3) is 0 Å². The molecular weight excluding hydrogens is 488 g/mol. The van der Waals surface area contributed by atoms with Crippen molar-refractivity contribution in [3.63, 3.8) is 0 Å². The molecule has 11 heteroatoms. The fourth-order valence-corrected chi connectivity index (χ4v) is 4.18. The molecule has 2 aliphatic heterocycles. The number of carbonyl (C=O) groups excluding carboxylic acids is 4. The molecule has 0 radical (unpaired) electrons. The molecule has 10 nitrogen and oxygen atoms in total. The van der Waals surface area contributed by atoms with Crippen molar-refractivity contribution in [3.8, 4) is 0 Å². The predicted octanol–water partition coefficient (Wildman–Crippen LogP) is 1.78. The van der Waals surface area contributed by atoms with Crippen molar-refractivity contribution < 1.29 is 38.1 Å². The van der Waals surface area contributed by atoms with Crippen LogP contribution in [0.1, 0.15) is 25.8 Å². The van der Waals surface area contributed by atoms with Crippen molar-refractivity contribution in [2.75, 3.05) is 25.6 Å². The lowest BCUT2D eigenvalue weighted by Crippen LogP contribution is -2.48. The molecular formula is C21H21BrN2O8. The van der Waals surface area contributed by atoms with Gasteiger partial charge in [-0.2, -0.15) is 0 Å². The highest BCUT2D eigenvalue weighted by Crippen LogP contribution is 2.53. The van der Waals surface area contributed by atoms with Gasteiger partial charge in [-0.05, 0) is 32.0 Å². The SMILES string of the molecule is CCOC(=O)CC1=C(C(=O)OCC)C2(C(=O)Nc3ccc(Br)cc32)C(C(=O)OC)=C(N)O1. The van der Waals surface area contributed by atoms with Crippen LogP contribution < -0.4 is 11.1 Å². The summed E-state index contributed by atoms with van der Waals surface area (Å²) in [6, 6.07) is 4.84.